The Morgan fingerprint density at radius 2 is 2.19 bits per heavy atom. The summed E-state index contributed by atoms with van der Waals surface area (Å²) in [5.74, 6) is -0.260. The van der Waals surface area contributed by atoms with E-state index in [1.54, 1.807) is 28.4 Å². The predicted octanol–water partition coefficient (Wildman–Crippen LogP) is 4.56. The molecule has 0 aliphatic carbocycles. The number of amides is 1. The number of aromatic nitrogens is 5. The Balaban J connectivity index is 1.57. The molecule has 3 aromatic heterocycles. The lowest BCUT2D eigenvalue weighted by molar-refractivity contribution is 0.102. The van der Waals surface area contributed by atoms with E-state index in [-0.39, 0.29) is 5.91 Å². The van der Waals surface area contributed by atoms with Gasteiger partial charge >= 0.3 is 0 Å². The van der Waals surface area contributed by atoms with E-state index < -0.39 is 0 Å². The van der Waals surface area contributed by atoms with E-state index in [9.17, 15) is 4.79 Å². The molecule has 0 aliphatic heterocycles. The molecule has 0 bridgehead atoms. The molecule has 1 aromatic carbocycles. The third-order valence-electron chi connectivity index (χ3n) is 3.48. The van der Waals surface area contributed by atoms with Gasteiger partial charge in [0.2, 0.25) is 5.16 Å². The van der Waals surface area contributed by atoms with Crippen molar-refractivity contribution >= 4 is 62.0 Å². The minimum Gasteiger partial charge on any atom is -0.320 e. The second-order valence-electron chi connectivity index (χ2n) is 5.33. The Hall–Kier alpha value is -2.08. The van der Waals surface area contributed by atoms with Crippen LogP contribution in [0.1, 0.15) is 10.5 Å². The number of halogens is 1. The summed E-state index contributed by atoms with van der Waals surface area (Å²) in [5, 5.41) is 21.6. The lowest BCUT2D eigenvalue weighted by Crippen LogP contribution is -2.13. The van der Waals surface area contributed by atoms with Gasteiger partial charge in [-0.05, 0) is 51.8 Å². The average molecular weight is 479 g/mol. The summed E-state index contributed by atoms with van der Waals surface area (Å²) >= 11 is 7.87. The van der Waals surface area contributed by atoms with Gasteiger partial charge in [0.25, 0.3) is 5.91 Å². The molecule has 11 heteroatoms. The molecule has 0 radical (unpaired) electrons. The van der Waals surface area contributed by atoms with Crippen molar-refractivity contribution in [3.05, 3.63) is 50.6 Å². The number of thiazole rings is 1. The molecule has 0 saturated carbocycles. The molecule has 7 nitrogen and oxygen atoms in total. The molecule has 1 amide bonds. The Morgan fingerprint density at radius 3 is 2.93 bits per heavy atom. The van der Waals surface area contributed by atoms with Crippen molar-refractivity contribution in [3.8, 4) is 10.6 Å². The van der Waals surface area contributed by atoms with Crippen molar-refractivity contribution in [2.24, 2.45) is 7.05 Å². The van der Waals surface area contributed by atoms with Crippen molar-refractivity contribution in [3.63, 3.8) is 0 Å². The third-order valence-corrected chi connectivity index (χ3v) is 6.65. The predicted molar refractivity (Wildman–Crippen MR) is 110 cm³/mol. The standard InChI is InChI=1S/C16H11BrN6OS3/c1-23-16(20-21-22-23)27-13-3-2-10(17)6-11(13)18-14(24)12-8-26-15(19-12)9-4-5-25-7-9/h2-8H,1H3,(H,18,24). The SMILES string of the molecule is Cn1nnnc1Sc1ccc(Br)cc1NC(=O)c1csc(-c2ccsc2)n1. The van der Waals surface area contributed by atoms with E-state index in [4.69, 9.17) is 0 Å². The number of rotatable bonds is 5. The Morgan fingerprint density at radius 1 is 1.30 bits per heavy atom. The number of carbonyl (C=O) groups excluding carboxylic acids is 1. The van der Waals surface area contributed by atoms with Crippen LogP contribution in [0.5, 0.6) is 0 Å². The topological polar surface area (TPSA) is 85.6 Å². The zero-order chi connectivity index (χ0) is 18.8. The molecule has 3 heterocycles. The van der Waals surface area contributed by atoms with Gasteiger partial charge < -0.3 is 5.32 Å². The monoisotopic (exact) mass is 478 g/mol. The normalized spacial score (nSPS) is 10.9. The second kappa shape index (κ2) is 7.89. The van der Waals surface area contributed by atoms with Crippen molar-refractivity contribution in [1.82, 2.24) is 25.2 Å². The zero-order valence-electron chi connectivity index (χ0n) is 13.8. The maximum absolute atomic E-state index is 12.7. The molecule has 136 valence electrons. The first-order valence-electron chi connectivity index (χ1n) is 7.59. The van der Waals surface area contributed by atoms with E-state index in [2.05, 4.69) is 41.8 Å². The second-order valence-corrected chi connectivity index (χ2v) is 8.89. The number of anilines is 1. The molecule has 0 spiro atoms. The fourth-order valence-electron chi connectivity index (χ4n) is 2.18. The molecule has 0 saturated heterocycles. The lowest BCUT2D eigenvalue weighted by atomic mass is 10.3. The van der Waals surface area contributed by atoms with Gasteiger partial charge in [-0.15, -0.1) is 16.4 Å². The maximum atomic E-state index is 12.7. The van der Waals surface area contributed by atoms with Gasteiger partial charge in [0.05, 0.1) is 5.69 Å². The van der Waals surface area contributed by atoms with Gasteiger partial charge in [-0.2, -0.15) is 11.3 Å². The number of hydrogen-bond donors (Lipinski definition) is 1. The summed E-state index contributed by atoms with van der Waals surface area (Å²) in [7, 11) is 1.76. The van der Waals surface area contributed by atoms with Crippen LogP contribution in [0.3, 0.4) is 0 Å². The zero-order valence-corrected chi connectivity index (χ0v) is 17.8. The first-order chi connectivity index (χ1) is 13.1. The van der Waals surface area contributed by atoms with E-state index in [1.165, 1.54) is 23.1 Å². The number of benzene rings is 1. The van der Waals surface area contributed by atoms with Crippen LogP contribution < -0.4 is 5.32 Å². The molecular weight excluding hydrogens is 468 g/mol. The smallest absolute Gasteiger partial charge is 0.275 e. The van der Waals surface area contributed by atoms with E-state index >= 15 is 0 Å². The molecule has 4 aromatic rings. The maximum Gasteiger partial charge on any atom is 0.275 e. The molecule has 1 N–H and O–H groups in total. The largest absolute Gasteiger partial charge is 0.320 e. The van der Waals surface area contributed by atoms with Crippen LogP contribution in [0.15, 0.2) is 54.9 Å². The number of carbonyl (C=O) groups is 1. The van der Waals surface area contributed by atoms with Crippen LogP contribution >= 0.6 is 50.4 Å². The van der Waals surface area contributed by atoms with Crippen molar-refractivity contribution in [2.45, 2.75) is 10.1 Å². The minimum absolute atomic E-state index is 0.260. The highest BCUT2D eigenvalue weighted by Gasteiger charge is 2.16. The molecule has 0 aliphatic rings. The van der Waals surface area contributed by atoms with E-state index in [0.717, 1.165) is 19.9 Å². The molecule has 0 atom stereocenters. The molecule has 4 rings (SSSR count). The van der Waals surface area contributed by atoms with Crippen molar-refractivity contribution in [2.75, 3.05) is 5.32 Å². The Bertz CT molecular complexity index is 1090. The van der Waals surface area contributed by atoms with Gasteiger partial charge in [0.15, 0.2) is 0 Å². The third kappa shape index (κ3) is 4.10. The average Bonchev–Trinajstić information content (AvgIpc) is 3.39. The van der Waals surface area contributed by atoms with Gasteiger partial charge in [-0.1, -0.05) is 15.9 Å². The first kappa shape index (κ1) is 18.3. The van der Waals surface area contributed by atoms with Crippen LogP contribution in [0.4, 0.5) is 5.69 Å². The highest BCUT2D eigenvalue weighted by atomic mass is 79.9. The van der Waals surface area contributed by atoms with Gasteiger partial charge in [-0.3, -0.25) is 4.79 Å². The van der Waals surface area contributed by atoms with Crippen LogP contribution in [0.2, 0.25) is 0 Å². The van der Waals surface area contributed by atoms with Crippen molar-refractivity contribution in [1.29, 1.82) is 0 Å². The quantitative estimate of drug-likeness (QED) is 0.452. The molecule has 0 unspecified atom stereocenters. The van der Waals surface area contributed by atoms with Gasteiger partial charge in [0, 0.05) is 32.7 Å². The van der Waals surface area contributed by atoms with Crippen molar-refractivity contribution < 1.29 is 4.79 Å². The van der Waals surface area contributed by atoms with Crippen LogP contribution in [0, 0.1) is 0 Å². The number of aryl methyl sites for hydroxylation is 1. The number of thiophene rings is 1. The summed E-state index contributed by atoms with van der Waals surface area (Å²) in [6.07, 6.45) is 0. The fourth-order valence-corrected chi connectivity index (χ4v) is 4.85. The van der Waals surface area contributed by atoms with Gasteiger partial charge in [0.1, 0.15) is 10.7 Å². The van der Waals surface area contributed by atoms with E-state index in [0.29, 0.717) is 16.5 Å². The summed E-state index contributed by atoms with van der Waals surface area (Å²) in [4.78, 5) is 18.0. The Labute approximate surface area is 175 Å². The number of nitrogens with zero attached hydrogens (tertiary/aromatic N) is 5. The summed E-state index contributed by atoms with van der Waals surface area (Å²) < 4.78 is 2.43. The van der Waals surface area contributed by atoms with Gasteiger partial charge in [-0.25, -0.2) is 9.67 Å². The fraction of sp³-hybridized carbons (Fsp3) is 0.0625. The minimum atomic E-state index is -0.260. The molecular formula is C16H11BrN6OS3. The lowest BCUT2D eigenvalue weighted by Gasteiger charge is -2.10. The molecule has 0 fully saturated rings. The number of nitrogens with one attached hydrogen (secondary N) is 1. The van der Waals surface area contributed by atoms with Crippen LogP contribution in [0.25, 0.3) is 10.6 Å². The highest BCUT2D eigenvalue weighted by Crippen LogP contribution is 2.34. The summed E-state index contributed by atoms with van der Waals surface area (Å²) in [6, 6.07) is 7.63. The van der Waals surface area contributed by atoms with E-state index in [1.807, 2.05) is 35.0 Å². The highest BCUT2D eigenvalue weighted by molar-refractivity contribution is 9.10. The van der Waals surface area contributed by atoms with Crippen LogP contribution in [-0.2, 0) is 7.05 Å². The summed E-state index contributed by atoms with van der Waals surface area (Å²) in [5.41, 5.74) is 2.07. The molecule has 27 heavy (non-hydrogen) atoms. The van der Waals surface area contributed by atoms with Crippen LogP contribution in [-0.4, -0.2) is 31.1 Å². The number of hydrogen-bond acceptors (Lipinski definition) is 8. The summed E-state index contributed by atoms with van der Waals surface area (Å²) in [6.45, 7) is 0. The Kier molecular flexibility index (Phi) is 5.34. The number of tetrazole rings is 1. The first-order valence-corrected chi connectivity index (χ1v) is 11.0.